The zero-order chi connectivity index (χ0) is 27.1. The number of hydrogen-bond donors (Lipinski definition) is 2. The van der Waals surface area contributed by atoms with Gasteiger partial charge in [0.1, 0.15) is 11.3 Å². The van der Waals surface area contributed by atoms with Gasteiger partial charge in [-0.3, -0.25) is 9.13 Å². The topological polar surface area (TPSA) is 98.1 Å². The van der Waals surface area contributed by atoms with E-state index in [9.17, 15) is 28.2 Å². The second-order valence-electron chi connectivity index (χ2n) is 8.11. The minimum atomic E-state index is -4.97. The standard InChI is InChI=1S/C23H19Cl3F3N5O3/c1-12(35)21-30-18(31-34(21)16-5-3-2-4-15(16)25)11-33-20(26)19(13-6-8-14(24)9-7-13)32(22(33)37)10-17(36)23(27,28)29/h2-9,12,17,35-36H,10-11H2,1H3/t12-,17-/m0/s1. The molecule has 0 amide bonds. The Bertz CT molecular complexity index is 1480. The average molecular weight is 577 g/mol. The maximum absolute atomic E-state index is 13.3. The number of aliphatic hydroxyl groups is 2. The van der Waals surface area contributed by atoms with Gasteiger partial charge in [0.25, 0.3) is 0 Å². The second kappa shape index (κ2) is 10.5. The summed E-state index contributed by atoms with van der Waals surface area (Å²) in [7, 11) is 0. The molecule has 14 heteroatoms. The van der Waals surface area contributed by atoms with Crippen LogP contribution in [0.15, 0.2) is 53.3 Å². The Hall–Kier alpha value is -2.83. The predicted octanol–water partition coefficient (Wildman–Crippen LogP) is 4.88. The summed E-state index contributed by atoms with van der Waals surface area (Å²) >= 11 is 18.7. The van der Waals surface area contributed by atoms with Crippen molar-refractivity contribution in [1.29, 1.82) is 0 Å². The number of imidazole rings is 1. The summed E-state index contributed by atoms with van der Waals surface area (Å²) in [4.78, 5) is 17.6. The molecule has 2 aromatic carbocycles. The summed E-state index contributed by atoms with van der Waals surface area (Å²) in [5.74, 6) is 0.160. The molecule has 4 rings (SSSR count). The molecule has 0 radical (unpaired) electrons. The third-order valence-corrected chi connectivity index (χ3v) is 6.40. The van der Waals surface area contributed by atoms with E-state index < -0.39 is 30.6 Å². The van der Waals surface area contributed by atoms with Crippen molar-refractivity contribution >= 4 is 34.8 Å². The van der Waals surface area contributed by atoms with Crippen LogP contribution >= 0.6 is 34.8 Å². The van der Waals surface area contributed by atoms with Crippen LogP contribution in [0.4, 0.5) is 13.2 Å². The number of para-hydroxylation sites is 1. The molecule has 4 aromatic rings. The van der Waals surface area contributed by atoms with Gasteiger partial charge in [-0.1, -0.05) is 59.1 Å². The normalized spacial score (nSPS) is 13.6. The lowest BCUT2D eigenvalue weighted by atomic mass is 10.1. The molecule has 0 saturated heterocycles. The molecule has 2 N–H and O–H groups in total. The Morgan fingerprint density at radius 2 is 1.65 bits per heavy atom. The Balaban J connectivity index is 1.83. The monoisotopic (exact) mass is 575 g/mol. The van der Waals surface area contributed by atoms with Gasteiger partial charge in [0, 0.05) is 10.6 Å². The van der Waals surface area contributed by atoms with Gasteiger partial charge in [-0.2, -0.15) is 13.2 Å². The Labute approximate surface area is 223 Å². The molecule has 0 spiro atoms. The minimum Gasteiger partial charge on any atom is -0.385 e. The number of halogens is 6. The molecule has 0 saturated carbocycles. The number of nitrogens with zero attached hydrogens (tertiary/aromatic N) is 5. The molecule has 0 aliphatic carbocycles. The predicted molar refractivity (Wildman–Crippen MR) is 132 cm³/mol. The van der Waals surface area contributed by atoms with Crippen LogP contribution in [-0.4, -0.2) is 46.4 Å². The van der Waals surface area contributed by atoms with Crippen LogP contribution in [-0.2, 0) is 13.1 Å². The quantitative estimate of drug-likeness (QED) is 0.327. The number of benzene rings is 2. The van der Waals surface area contributed by atoms with Gasteiger partial charge < -0.3 is 10.2 Å². The van der Waals surface area contributed by atoms with E-state index in [2.05, 4.69) is 10.1 Å². The van der Waals surface area contributed by atoms with Gasteiger partial charge in [-0.25, -0.2) is 14.5 Å². The van der Waals surface area contributed by atoms with Crippen molar-refractivity contribution in [3.05, 3.63) is 85.9 Å². The van der Waals surface area contributed by atoms with Crippen molar-refractivity contribution in [2.24, 2.45) is 0 Å². The van der Waals surface area contributed by atoms with Crippen LogP contribution in [0.3, 0.4) is 0 Å². The van der Waals surface area contributed by atoms with Crippen molar-refractivity contribution in [1.82, 2.24) is 23.9 Å². The summed E-state index contributed by atoms with van der Waals surface area (Å²) in [5.41, 5.74) is -0.248. The summed E-state index contributed by atoms with van der Waals surface area (Å²) in [5, 5.41) is 24.8. The van der Waals surface area contributed by atoms with Crippen LogP contribution in [0.25, 0.3) is 16.9 Å². The van der Waals surface area contributed by atoms with E-state index in [1.165, 1.54) is 35.9 Å². The molecule has 196 valence electrons. The first-order valence-electron chi connectivity index (χ1n) is 10.8. The molecule has 0 fully saturated rings. The highest BCUT2D eigenvalue weighted by molar-refractivity contribution is 6.32. The summed E-state index contributed by atoms with van der Waals surface area (Å²) < 4.78 is 42.5. The van der Waals surface area contributed by atoms with Crippen molar-refractivity contribution in [2.45, 2.75) is 38.4 Å². The number of rotatable bonds is 7. The van der Waals surface area contributed by atoms with Gasteiger partial charge in [-0.05, 0) is 31.2 Å². The van der Waals surface area contributed by atoms with Crippen LogP contribution in [0, 0.1) is 0 Å². The van der Waals surface area contributed by atoms with E-state index in [0.29, 0.717) is 21.3 Å². The van der Waals surface area contributed by atoms with E-state index in [4.69, 9.17) is 34.8 Å². The van der Waals surface area contributed by atoms with Crippen LogP contribution in [0.5, 0.6) is 0 Å². The molecule has 0 bridgehead atoms. The number of aromatic nitrogens is 5. The second-order valence-corrected chi connectivity index (χ2v) is 9.31. The number of alkyl halides is 3. The fourth-order valence-electron chi connectivity index (χ4n) is 3.68. The zero-order valence-electron chi connectivity index (χ0n) is 19.0. The van der Waals surface area contributed by atoms with Gasteiger partial charge >= 0.3 is 11.9 Å². The van der Waals surface area contributed by atoms with Crippen LogP contribution in [0.1, 0.15) is 24.7 Å². The fraction of sp³-hybridized carbons (Fsp3) is 0.261. The highest BCUT2D eigenvalue weighted by atomic mass is 35.5. The zero-order valence-corrected chi connectivity index (χ0v) is 21.3. The highest BCUT2D eigenvalue weighted by Crippen LogP contribution is 2.31. The molecule has 0 aliphatic rings. The third-order valence-electron chi connectivity index (χ3n) is 5.45. The Kier molecular flexibility index (Phi) is 7.72. The Morgan fingerprint density at radius 3 is 2.24 bits per heavy atom. The largest absolute Gasteiger partial charge is 0.416 e. The SMILES string of the molecule is C[C@H](O)c1nc(Cn2c(Cl)c(-c3ccc(Cl)cc3)n(C[C@H](O)C(F)(F)F)c2=O)nn1-c1ccccc1Cl. The maximum Gasteiger partial charge on any atom is 0.416 e. The molecular weight excluding hydrogens is 558 g/mol. The molecular formula is C23H19Cl3F3N5O3. The lowest BCUT2D eigenvalue weighted by Crippen LogP contribution is -2.37. The van der Waals surface area contributed by atoms with E-state index in [-0.39, 0.29) is 29.0 Å². The smallest absolute Gasteiger partial charge is 0.385 e. The van der Waals surface area contributed by atoms with Crippen molar-refractivity contribution in [2.75, 3.05) is 0 Å². The average Bonchev–Trinajstić information content (AvgIpc) is 3.35. The first-order chi connectivity index (χ1) is 17.4. The van der Waals surface area contributed by atoms with Gasteiger partial charge in [0.2, 0.25) is 0 Å². The number of aliphatic hydroxyl groups excluding tert-OH is 2. The summed E-state index contributed by atoms with van der Waals surface area (Å²) in [6, 6.07) is 12.6. The maximum atomic E-state index is 13.3. The molecule has 2 aromatic heterocycles. The summed E-state index contributed by atoms with van der Waals surface area (Å²) in [6.45, 7) is 0.0336. The van der Waals surface area contributed by atoms with Gasteiger partial charge in [-0.15, -0.1) is 5.10 Å². The van der Waals surface area contributed by atoms with E-state index >= 15 is 0 Å². The van der Waals surface area contributed by atoms with Crippen molar-refractivity contribution in [3.8, 4) is 16.9 Å². The third kappa shape index (κ3) is 5.55. The van der Waals surface area contributed by atoms with Crippen LogP contribution in [0.2, 0.25) is 15.2 Å². The molecule has 2 atom stereocenters. The lowest BCUT2D eigenvalue weighted by Gasteiger charge is -2.16. The minimum absolute atomic E-state index is 0.0380. The Morgan fingerprint density at radius 1 is 1.00 bits per heavy atom. The fourth-order valence-corrected chi connectivity index (χ4v) is 4.36. The van der Waals surface area contributed by atoms with Gasteiger partial charge in [0.15, 0.2) is 17.8 Å². The van der Waals surface area contributed by atoms with Crippen LogP contribution < -0.4 is 5.69 Å². The summed E-state index contributed by atoms with van der Waals surface area (Å²) in [6.07, 6.45) is -8.85. The first kappa shape index (κ1) is 27.2. The van der Waals surface area contributed by atoms with Crippen molar-refractivity contribution in [3.63, 3.8) is 0 Å². The van der Waals surface area contributed by atoms with E-state index in [0.717, 1.165) is 9.13 Å². The van der Waals surface area contributed by atoms with E-state index in [1.807, 2.05) is 0 Å². The molecule has 0 aliphatic heterocycles. The first-order valence-corrected chi connectivity index (χ1v) is 11.9. The van der Waals surface area contributed by atoms with E-state index in [1.54, 1.807) is 24.3 Å². The molecule has 2 heterocycles. The van der Waals surface area contributed by atoms with Crippen molar-refractivity contribution < 1.29 is 23.4 Å². The van der Waals surface area contributed by atoms with Gasteiger partial charge in [0.05, 0.1) is 29.5 Å². The lowest BCUT2D eigenvalue weighted by molar-refractivity contribution is -0.207. The molecule has 37 heavy (non-hydrogen) atoms. The highest BCUT2D eigenvalue weighted by Gasteiger charge is 2.39. The molecule has 8 nitrogen and oxygen atoms in total. The molecule has 0 unspecified atom stereocenters. The number of hydrogen-bond acceptors (Lipinski definition) is 5.